The molecule has 0 aromatic carbocycles. The van der Waals surface area contributed by atoms with Crippen molar-refractivity contribution >= 4 is 5.91 Å². The second-order valence-corrected chi connectivity index (χ2v) is 5.00. The molecular weight excluding hydrogens is 266 g/mol. The Morgan fingerprint density at radius 3 is 2.71 bits per heavy atom. The van der Waals surface area contributed by atoms with Crippen LogP contribution in [0.15, 0.2) is 24.4 Å². The second-order valence-electron chi connectivity index (χ2n) is 5.00. The Morgan fingerprint density at radius 1 is 1.33 bits per heavy atom. The van der Waals surface area contributed by atoms with Crippen LogP contribution in [-0.4, -0.2) is 33.8 Å². The molecule has 6 heteroatoms. The van der Waals surface area contributed by atoms with E-state index >= 15 is 0 Å². The standard InChI is InChI=1S/C15H21N5O/c1-11-9-12(2)20(19-11)14-6-5-13(10-18-14)15(21)17-8-4-3-7-16/h5-6,9-10H,3-4,7-8,16H2,1-2H3,(H,17,21). The van der Waals surface area contributed by atoms with Crippen LogP contribution >= 0.6 is 0 Å². The van der Waals surface area contributed by atoms with Gasteiger partial charge in [0, 0.05) is 18.4 Å². The molecule has 2 aromatic heterocycles. The molecular formula is C15H21N5O. The Bertz CT molecular complexity index is 603. The predicted octanol–water partition coefficient (Wildman–Crippen LogP) is 1.35. The summed E-state index contributed by atoms with van der Waals surface area (Å²) in [5, 5.41) is 7.22. The number of amides is 1. The van der Waals surface area contributed by atoms with Crippen LogP contribution in [0.1, 0.15) is 34.6 Å². The van der Waals surface area contributed by atoms with E-state index in [4.69, 9.17) is 5.73 Å². The highest BCUT2D eigenvalue weighted by molar-refractivity contribution is 5.93. The Kier molecular flexibility index (Phi) is 5.05. The molecule has 6 nitrogen and oxygen atoms in total. The van der Waals surface area contributed by atoms with Gasteiger partial charge >= 0.3 is 0 Å². The van der Waals surface area contributed by atoms with Crippen molar-refractivity contribution in [1.82, 2.24) is 20.1 Å². The molecule has 0 saturated heterocycles. The van der Waals surface area contributed by atoms with Crippen molar-refractivity contribution in [2.24, 2.45) is 5.73 Å². The first kappa shape index (κ1) is 15.2. The van der Waals surface area contributed by atoms with Gasteiger partial charge in [-0.2, -0.15) is 5.10 Å². The van der Waals surface area contributed by atoms with Crippen LogP contribution in [0.5, 0.6) is 0 Å². The maximum atomic E-state index is 11.9. The Morgan fingerprint density at radius 2 is 2.14 bits per heavy atom. The number of aromatic nitrogens is 3. The van der Waals surface area contributed by atoms with Gasteiger partial charge < -0.3 is 11.1 Å². The summed E-state index contributed by atoms with van der Waals surface area (Å²) in [4.78, 5) is 16.2. The largest absolute Gasteiger partial charge is 0.352 e. The molecule has 0 fully saturated rings. The Balaban J connectivity index is 2.02. The summed E-state index contributed by atoms with van der Waals surface area (Å²) in [6.45, 7) is 5.19. The van der Waals surface area contributed by atoms with Crippen molar-refractivity contribution in [2.45, 2.75) is 26.7 Å². The van der Waals surface area contributed by atoms with E-state index in [2.05, 4.69) is 15.4 Å². The van der Waals surface area contributed by atoms with E-state index in [9.17, 15) is 4.79 Å². The molecule has 2 rings (SSSR count). The number of pyridine rings is 1. The molecule has 2 heterocycles. The molecule has 0 radical (unpaired) electrons. The topological polar surface area (TPSA) is 85.8 Å². The van der Waals surface area contributed by atoms with Crippen molar-refractivity contribution in [1.29, 1.82) is 0 Å². The first-order chi connectivity index (χ1) is 10.1. The molecule has 3 N–H and O–H groups in total. The van der Waals surface area contributed by atoms with E-state index in [0.717, 1.165) is 24.2 Å². The normalized spacial score (nSPS) is 10.6. The van der Waals surface area contributed by atoms with Crippen LogP contribution in [0.25, 0.3) is 5.82 Å². The summed E-state index contributed by atoms with van der Waals surface area (Å²) >= 11 is 0. The third-order valence-corrected chi connectivity index (χ3v) is 3.15. The van der Waals surface area contributed by atoms with Crippen LogP contribution in [0.4, 0.5) is 0 Å². The van der Waals surface area contributed by atoms with Gasteiger partial charge in [0.25, 0.3) is 5.91 Å². The number of nitrogens with zero attached hydrogens (tertiary/aromatic N) is 3. The fraction of sp³-hybridized carbons (Fsp3) is 0.400. The lowest BCUT2D eigenvalue weighted by molar-refractivity contribution is 0.0952. The summed E-state index contributed by atoms with van der Waals surface area (Å²) < 4.78 is 1.76. The lowest BCUT2D eigenvalue weighted by Gasteiger charge is -2.06. The molecule has 0 unspecified atom stereocenters. The summed E-state index contributed by atoms with van der Waals surface area (Å²) in [5.74, 6) is 0.597. The third kappa shape index (κ3) is 3.88. The summed E-state index contributed by atoms with van der Waals surface area (Å²) in [7, 11) is 0. The highest BCUT2D eigenvalue weighted by Gasteiger charge is 2.08. The van der Waals surface area contributed by atoms with Crippen molar-refractivity contribution in [2.75, 3.05) is 13.1 Å². The van der Waals surface area contributed by atoms with Crippen molar-refractivity contribution < 1.29 is 4.79 Å². The number of hydrogen-bond acceptors (Lipinski definition) is 4. The van der Waals surface area contributed by atoms with Crippen LogP contribution in [0, 0.1) is 13.8 Å². The molecule has 2 aromatic rings. The minimum Gasteiger partial charge on any atom is -0.352 e. The van der Waals surface area contributed by atoms with E-state index in [-0.39, 0.29) is 5.91 Å². The van der Waals surface area contributed by atoms with Gasteiger partial charge in [-0.25, -0.2) is 9.67 Å². The SMILES string of the molecule is Cc1cc(C)n(-c2ccc(C(=O)NCCCCN)cn2)n1. The fourth-order valence-corrected chi connectivity index (χ4v) is 2.08. The van der Waals surface area contributed by atoms with Gasteiger partial charge in [0.1, 0.15) is 0 Å². The number of nitrogens with one attached hydrogen (secondary N) is 1. The second kappa shape index (κ2) is 6.99. The molecule has 0 aliphatic heterocycles. The highest BCUT2D eigenvalue weighted by Crippen LogP contribution is 2.10. The Hall–Kier alpha value is -2.21. The molecule has 0 saturated carbocycles. The monoisotopic (exact) mass is 287 g/mol. The minimum absolute atomic E-state index is 0.112. The van der Waals surface area contributed by atoms with Gasteiger partial charge in [-0.15, -0.1) is 0 Å². The number of hydrogen-bond donors (Lipinski definition) is 2. The van der Waals surface area contributed by atoms with Gasteiger partial charge in [-0.3, -0.25) is 4.79 Å². The number of nitrogens with two attached hydrogens (primary N) is 1. The highest BCUT2D eigenvalue weighted by atomic mass is 16.1. The smallest absolute Gasteiger partial charge is 0.252 e. The number of carbonyl (C=O) groups is 1. The summed E-state index contributed by atoms with van der Waals surface area (Å²) in [6.07, 6.45) is 3.37. The molecule has 1 amide bonds. The molecule has 0 aliphatic rings. The van der Waals surface area contributed by atoms with E-state index in [1.807, 2.05) is 19.9 Å². The van der Waals surface area contributed by atoms with Gasteiger partial charge in [-0.05, 0) is 51.4 Å². The first-order valence-corrected chi connectivity index (χ1v) is 7.10. The first-order valence-electron chi connectivity index (χ1n) is 7.10. The zero-order valence-electron chi connectivity index (χ0n) is 12.5. The van der Waals surface area contributed by atoms with Gasteiger partial charge in [0.05, 0.1) is 11.3 Å². The maximum Gasteiger partial charge on any atom is 0.252 e. The molecule has 0 atom stereocenters. The molecule has 0 bridgehead atoms. The van der Waals surface area contributed by atoms with Gasteiger partial charge in [0.15, 0.2) is 5.82 Å². The predicted molar refractivity (Wildman–Crippen MR) is 81.5 cm³/mol. The number of carbonyl (C=O) groups excluding carboxylic acids is 1. The number of aryl methyl sites for hydroxylation is 2. The third-order valence-electron chi connectivity index (χ3n) is 3.15. The van der Waals surface area contributed by atoms with Crippen LogP contribution in [0.2, 0.25) is 0 Å². The van der Waals surface area contributed by atoms with Gasteiger partial charge in [0.2, 0.25) is 0 Å². The number of rotatable bonds is 6. The van der Waals surface area contributed by atoms with E-state index in [1.54, 1.807) is 23.0 Å². The fourth-order valence-electron chi connectivity index (χ4n) is 2.08. The van der Waals surface area contributed by atoms with Crippen LogP contribution in [-0.2, 0) is 0 Å². The van der Waals surface area contributed by atoms with Crippen LogP contribution < -0.4 is 11.1 Å². The van der Waals surface area contributed by atoms with Crippen LogP contribution in [0.3, 0.4) is 0 Å². The lowest BCUT2D eigenvalue weighted by Crippen LogP contribution is -2.25. The molecule has 0 spiro atoms. The van der Waals surface area contributed by atoms with Crippen molar-refractivity contribution in [3.63, 3.8) is 0 Å². The zero-order valence-corrected chi connectivity index (χ0v) is 12.5. The lowest BCUT2D eigenvalue weighted by atomic mass is 10.2. The summed E-state index contributed by atoms with van der Waals surface area (Å²) in [6, 6.07) is 5.55. The van der Waals surface area contributed by atoms with Crippen molar-refractivity contribution in [3.8, 4) is 5.82 Å². The quantitative estimate of drug-likeness (QED) is 0.785. The average molecular weight is 287 g/mol. The van der Waals surface area contributed by atoms with E-state index in [1.165, 1.54) is 0 Å². The molecule has 0 aliphatic carbocycles. The van der Waals surface area contributed by atoms with E-state index in [0.29, 0.717) is 24.5 Å². The Labute approximate surface area is 124 Å². The number of unbranched alkanes of at least 4 members (excludes halogenated alkanes) is 1. The maximum absolute atomic E-state index is 11.9. The van der Waals surface area contributed by atoms with E-state index < -0.39 is 0 Å². The average Bonchev–Trinajstić information content (AvgIpc) is 2.82. The minimum atomic E-state index is -0.112. The summed E-state index contributed by atoms with van der Waals surface area (Å²) in [5.41, 5.74) is 7.91. The molecule has 21 heavy (non-hydrogen) atoms. The van der Waals surface area contributed by atoms with Gasteiger partial charge in [-0.1, -0.05) is 0 Å². The van der Waals surface area contributed by atoms with Crippen molar-refractivity contribution in [3.05, 3.63) is 41.3 Å². The molecule has 112 valence electrons. The zero-order chi connectivity index (χ0) is 15.2.